The Morgan fingerprint density at radius 1 is 0.577 bits per heavy atom. The molecule has 0 aromatic heterocycles. The third kappa shape index (κ3) is 19.8. The summed E-state index contributed by atoms with van der Waals surface area (Å²) in [4.78, 5) is 191. The Labute approximate surface area is 614 Å². The van der Waals surface area contributed by atoms with Gasteiger partial charge in [-0.25, -0.2) is 0 Å². The van der Waals surface area contributed by atoms with Gasteiger partial charge in [0.15, 0.2) is 0 Å². The predicted octanol–water partition coefficient (Wildman–Crippen LogP) is 6.88. The number of halogens is 7. The fourth-order valence-electron chi connectivity index (χ4n) is 16.7. The van der Waals surface area contributed by atoms with Crippen molar-refractivity contribution in [2.24, 2.45) is 41.4 Å². The molecule has 24 nitrogen and oxygen atoms in total. The molecule has 588 valence electrons. The van der Waals surface area contributed by atoms with Gasteiger partial charge < -0.3 is 60.0 Å². The highest BCUT2D eigenvalue weighted by Crippen LogP contribution is 2.45. The Balaban J connectivity index is 1.29. The Morgan fingerprint density at radius 2 is 1.18 bits per heavy atom. The quantitative estimate of drug-likeness (QED) is 0.133. The molecule has 4 aliphatic heterocycles. The van der Waals surface area contributed by atoms with E-state index in [1.807, 2.05) is 20.8 Å². The maximum absolute atomic E-state index is 15.5. The largest absolute Gasteiger partial charge is 0.393 e. The minimum Gasteiger partial charge on any atom is -0.343 e. The van der Waals surface area contributed by atoms with E-state index in [4.69, 9.17) is 11.6 Å². The summed E-state index contributed by atoms with van der Waals surface area (Å²) < 4.78 is 84.1. The summed E-state index contributed by atoms with van der Waals surface area (Å²) in [6, 6.07) is -11.7. The first-order valence-electron chi connectivity index (χ1n) is 37.9. The van der Waals surface area contributed by atoms with E-state index >= 15 is 28.8 Å². The number of alkyl halides is 7. The molecule has 3 N–H and O–H groups in total. The summed E-state index contributed by atoms with van der Waals surface area (Å²) in [6.07, 6.45) is -6.53. The smallest absolute Gasteiger partial charge is 0.343 e. The van der Waals surface area contributed by atoms with Gasteiger partial charge >= 0.3 is 12.4 Å². The molecule has 4 saturated heterocycles. The first-order valence-corrected chi connectivity index (χ1v) is 38.3. The van der Waals surface area contributed by atoms with Gasteiger partial charge in [0.25, 0.3) is 0 Å². The Morgan fingerprint density at radius 3 is 1.74 bits per heavy atom. The fourth-order valence-corrected chi connectivity index (χ4v) is 17.2. The summed E-state index contributed by atoms with van der Waals surface area (Å²) in [5.74, 6) is -14.0. The fraction of sp³-hybridized carbons (Fsp3) is 0.836. The first kappa shape index (κ1) is 84.8. The molecule has 3 unspecified atom stereocenters. The summed E-state index contributed by atoms with van der Waals surface area (Å²) >= 11 is 6.39. The Kier molecular flexibility index (Phi) is 29.3. The van der Waals surface area contributed by atoms with Crippen LogP contribution in [-0.4, -0.2) is 268 Å². The lowest BCUT2D eigenvalue weighted by Gasteiger charge is -2.45. The standard InChI is InChI=1S/C73H115ClF6N12O12/c1-14-43(5)59-68(102)85(9)45(7)63(97)92-36-30-53(92)66(100)87(11)55(39-47-22-26-48(27-23-47)72(75,76)77)65(99)84(8)41-57(93)81-51(29-25-46-24-28-49(50(74)38-46)73(78,79)80)64(98)91-35-20-21-52(91)62(96)83-71(31-16-17-32-71)70(104)89(13)60(44(6)15-2)69(103)88(12)56(67(101)90-33-18-19-34-90)40-58(94)86(10)54(37-42(3)4)61(95)82-59/h42-56,59-60H,14-41H2,1-13H3,(H,81,93)(H,82,95)(H,83,96)/t43-,44-,45-,46?,47?,48?,49?,50?,51-,52-,53-,54-,55-,56+,59-,60-/m0/s1. The molecule has 3 aliphatic carbocycles. The van der Waals surface area contributed by atoms with Crippen LogP contribution in [-0.2, 0) is 57.5 Å². The van der Waals surface area contributed by atoms with Gasteiger partial charge in [-0.05, 0) is 152 Å². The zero-order chi connectivity index (χ0) is 77.4. The van der Waals surface area contributed by atoms with E-state index in [-0.39, 0.29) is 115 Å². The lowest BCUT2D eigenvalue weighted by Crippen LogP contribution is -2.65. The zero-order valence-corrected chi connectivity index (χ0v) is 63.9. The number of carbonyl (C=O) groups excluding carboxylic acids is 12. The van der Waals surface area contributed by atoms with E-state index in [9.17, 15) is 55.1 Å². The highest BCUT2D eigenvalue weighted by atomic mass is 35.5. The van der Waals surface area contributed by atoms with Gasteiger partial charge in [0.2, 0.25) is 70.9 Å². The van der Waals surface area contributed by atoms with Gasteiger partial charge in [-0.2, -0.15) is 26.3 Å². The van der Waals surface area contributed by atoms with Crippen molar-refractivity contribution in [3.05, 3.63) is 0 Å². The van der Waals surface area contributed by atoms with Crippen molar-refractivity contribution in [3.63, 3.8) is 0 Å². The van der Waals surface area contributed by atoms with Crippen molar-refractivity contribution in [1.29, 1.82) is 0 Å². The van der Waals surface area contributed by atoms with E-state index in [2.05, 4.69) is 16.0 Å². The van der Waals surface area contributed by atoms with Crippen LogP contribution in [0.25, 0.3) is 0 Å². The molecule has 104 heavy (non-hydrogen) atoms. The van der Waals surface area contributed by atoms with Crippen molar-refractivity contribution in [1.82, 2.24) is 60.0 Å². The molecule has 14 atom stereocenters. The van der Waals surface area contributed by atoms with Crippen LogP contribution in [0.1, 0.15) is 196 Å². The minimum absolute atomic E-state index is 0.00444. The maximum Gasteiger partial charge on any atom is 0.393 e. The third-order valence-electron chi connectivity index (χ3n) is 24.2. The van der Waals surface area contributed by atoms with Crippen molar-refractivity contribution >= 4 is 82.5 Å². The topological polar surface area (TPSA) is 270 Å². The SMILES string of the molecule is CC[C@H](C)[C@@H]1NC(=O)[C@H](CC(C)C)N(C)C(=O)C[C@H](C(=O)N2CCCC2)N(C)C(=O)[C@H]([C@@H](C)CC)N(C)C(=O)C2(CCCC2)NC(=O)[C@@H]2CCCN2C(=O)[C@H](CCC2CCC(C(F)(F)F)C(Cl)C2)NC(=O)CN(C)C(=O)[C@H](CC2CCC(C(F)(F)F)CC2)N(C)C(=O)[C@@H]2CCN2C(=O)[C@H](C)N(C)C1=O. The van der Waals surface area contributed by atoms with Crippen LogP contribution in [0, 0.1) is 41.4 Å². The van der Waals surface area contributed by atoms with Crippen LogP contribution in [0.5, 0.6) is 0 Å². The van der Waals surface area contributed by atoms with Crippen LogP contribution in [0.3, 0.4) is 0 Å². The number of fused-ring (bicyclic) bond motifs is 2. The molecule has 7 rings (SSSR count). The lowest BCUT2D eigenvalue weighted by atomic mass is 9.78. The second-order valence-electron chi connectivity index (χ2n) is 31.6. The molecule has 12 amide bonds. The van der Waals surface area contributed by atoms with Crippen LogP contribution in [0.2, 0.25) is 0 Å². The van der Waals surface area contributed by atoms with Crippen LogP contribution < -0.4 is 16.0 Å². The number of carbonyl (C=O) groups is 12. The van der Waals surface area contributed by atoms with Crippen LogP contribution in [0.15, 0.2) is 0 Å². The van der Waals surface area contributed by atoms with Gasteiger partial charge in [-0.1, -0.05) is 67.2 Å². The molecule has 0 radical (unpaired) electrons. The molecular weight excluding hydrogens is 1390 g/mol. The molecule has 0 bridgehead atoms. The van der Waals surface area contributed by atoms with Crippen molar-refractivity contribution < 1.29 is 83.9 Å². The van der Waals surface area contributed by atoms with Crippen molar-refractivity contribution in [2.75, 3.05) is 75.0 Å². The van der Waals surface area contributed by atoms with Gasteiger partial charge in [-0.3, -0.25) is 57.5 Å². The molecule has 1 spiro atoms. The summed E-state index contributed by atoms with van der Waals surface area (Å²) in [6.45, 7) is 12.3. The molecule has 3 saturated carbocycles. The highest BCUT2D eigenvalue weighted by molar-refractivity contribution is 6.21. The van der Waals surface area contributed by atoms with Crippen LogP contribution >= 0.6 is 11.6 Å². The molecule has 0 aromatic rings. The molecular formula is C73H115ClF6N12O12. The second-order valence-corrected chi connectivity index (χ2v) is 32.2. The zero-order valence-electron chi connectivity index (χ0n) is 63.2. The average molecular weight is 1500 g/mol. The number of nitrogens with one attached hydrogen (secondary N) is 3. The lowest BCUT2D eigenvalue weighted by molar-refractivity contribution is -0.184. The number of rotatable bonds is 12. The van der Waals surface area contributed by atoms with E-state index in [1.54, 1.807) is 25.7 Å². The summed E-state index contributed by atoms with van der Waals surface area (Å²) in [5.41, 5.74) is -1.61. The van der Waals surface area contributed by atoms with Gasteiger partial charge in [0.1, 0.15) is 59.9 Å². The molecule has 4 heterocycles. The molecule has 7 fully saturated rings. The number of hydrogen-bond acceptors (Lipinski definition) is 12. The number of likely N-dealkylation sites (tertiary alicyclic amines) is 1. The monoisotopic (exact) mass is 1500 g/mol. The number of amides is 12. The van der Waals surface area contributed by atoms with E-state index in [1.165, 1.54) is 73.7 Å². The minimum atomic E-state index is -4.55. The number of hydrogen-bond donors (Lipinski definition) is 3. The van der Waals surface area contributed by atoms with Crippen LogP contribution in [0.4, 0.5) is 26.3 Å². The van der Waals surface area contributed by atoms with Gasteiger partial charge in [0.05, 0.1) is 24.8 Å². The molecule has 31 heteroatoms. The van der Waals surface area contributed by atoms with E-state index in [0.29, 0.717) is 58.0 Å². The Bertz CT molecular complexity index is 3090. The van der Waals surface area contributed by atoms with E-state index < -0.39 is 197 Å². The summed E-state index contributed by atoms with van der Waals surface area (Å²) in [7, 11) is 8.23. The molecule has 0 aromatic carbocycles. The highest BCUT2D eigenvalue weighted by Gasteiger charge is 2.53. The Hall–Kier alpha value is -6.49. The van der Waals surface area contributed by atoms with Gasteiger partial charge in [-0.15, -0.1) is 11.6 Å². The first-order chi connectivity index (χ1) is 48.7. The predicted molar refractivity (Wildman–Crippen MR) is 375 cm³/mol. The second kappa shape index (κ2) is 35.9. The van der Waals surface area contributed by atoms with Crippen molar-refractivity contribution in [3.8, 4) is 0 Å². The third-order valence-corrected chi connectivity index (χ3v) is 24.6. The molecule has 7 aliphatic rings. The maximum atomic E-state index is 15.5. The van der Waals surface area contributed by atoms with E-state index in [0.717, 1.165) is 14.7 Å². The average Bonchev–Trinajstić information content (AvgIpc) is 1.71. The van der Waals surface area contributed by atoms with Crippen molar-refractivity contribution in [2.45, 2.75) is 274 Å². The number of likely N-dealkylation sites (N-methyl/N-ethyl adjacent to an activating group) is 6. The number of nitrogens with zero attached hydrogens (tertiary/aromatic N) is 9. The van der Waals surface area contributed by atoms with Gasteiger partial charge in [0, 0.05) is 73.8 Å². The summed E-state index contributed by atoms with van der Waals surface area (Å²) in [5, 5.41) is 7.40. The normalized spacial score (nSPS) is 31.8.